The number of benzene rings is 2. The van der Waals surface area contributed by atoms with E-state index in [0.717, 1.165) is 16.9 Å². The average Bonchev–Trinajstić information content (AvgIpc) is 2.55. The van der Waals surface area contributed by atoms with Gasteiger partial charge in [0.05, 0.1) is 11.5 Å². The molecule has 1 unspecified atom stereocenters. The molecule has 0 bridgehead atoms. The lowest BCUT2D eigenvalue weighted by Gasteiger charge is -2.39. The van der Waals surface area contributed by atoms with Crippen LogP contribution in [0.15, 0.2) is 48.5 Å². The van der Waals surface area contributed by atoms with Crippen LogP contribution in [0.1, 0.15) is 51.3 Å². The summed E-state index contributed by atoms with van der Waals surface area (Å²) in [7, 11) is 0. The van der Waals surface area contributed by atoms with Gasteiger partial charge in [-0.3, -0.25) is 4.79 Å². The van der Waals surface area contributed by atoms with E-state index < -0.39 is 5.41 Å². The zero-order valence-electron chi connectivity index (χ0n) is 15.3. The van der Waals surface area contributed by atoms with E-state index in [1.165, 1.54) is 0 Å². The molecule has 0 radical (unpaired) electrons. The molecule has 3 N–H and O–H groups in total. The second-order valence-corrected chi connectivity index (χ2v) is 7.88. The molecule has 0 fully saturated rings. The van der Waals surface area contributed by atoms with Crippen LogP contribution in [0.3, 0.4) is 0 Å². The predicted octanol–water partition coefficient (Wildman–Crippen LogP) is 3.97. The Balaban J connectivity index is 1.90. The van der Waals surface area contributed by atoms with Crippen molar-refractivity contribution in [2.45, 2.75) is 51.2 Å². The van der Waals surface area contributed by atoms with Crippen LogP contribution in [0.5, 0.6) is 5.75 Å². The highest BCUT2D eigenvalue weighted by atomic mass is 16.5. The summed E-state index contributed by atoms with van der Waals surface area (Å²) in [6.07, 6.45) is 0.695. The van der Waals surface area contributed by atoms with E-state index in [-0.39, 0.29) is 17.6 Å². The molecule has 3 rings (SSSR count). The van der Waals surface area contributed by atoms with Crippen molar-refractivity contribution in [1.82, 2.24) is 5.32 Å². The molecule has 0 aliphatic carbocycles. The van der Waals surface area contributed by atoms with Crippen molar-refractivity contribution in [2.75, 3.05) is 5.73 Å². The first-order valence-corrected chi connectivity index (χ1v) is 8.64. The van der Waals surface area contributed by atoms with Crippen molar-refractivity contribution >= 4 is 11.6 Å². The molecule has 0 aromatic heterocycles. The Kier molecular flexibility index (Phi) is 4.23. The standard InChI is InChI=1S/C21H26N2O2/c1-20(2)13-17(16-12-15(22)10-11-18(16)25-20)23-19(24)21(3,4)14-8-6-5-7-9-14/h5-12,17H,13,22H2,1-4H3,(H,23,24). The molecular weight excluding hydrogens is 312 g/mol. The van der Waals surface area contributed by atoms with Gasteiger partial charge in [0.15, 0.2) is 0 Å². The summed E-state index contributed by atoms with van der Waals surface area (Å²) >= 11 is 0. The molecule has 4 nitrogen and oxygen atoms in total. The zero-order valence-corrected chi connectivity index (χ0v) is 15.3. The summed E-state index contributed by atoms with van der Waals surface area (Å²) in [6.45, 7) is 7.96. The number of hydrogen-bond acceptors (Lipinski definition) is 3. The van der Waals surface area contributed by atoms with Crippen LogP contribution in [0.4, 0.5) is 5.69 Å². The highest BCUT2D eigenvalue weighted by molar-refractivity contribution is 5.87. The van der Waals surface area contributed by atoms with Crippen LogP contribution in [0.25, 0.3) is 0 Å². The number of carbonyl (C=O) groups is 1. The van der Waals surface area contributed by atoms with Crippen LogP contribution in [0, 0.1) is 0 Å². The number of carbonyl (C=O) groups excluding carboxylic acids is 1. The van der Waals surface area contributed by atoms with Crippen LogP contribution in [-0.4, -0.2) is 11.5 Å². The number of amides is 1. The second-order valence-electron chi connectivity index (χ2n) is 7.88. The molecule has 0 saturated heterocycles. The van der Waals surface area contributed by atoms with Crippen molar-refractivity contribution < 1.29 is 9.53 Å². The van der Waals surface area contributed by atoms with Crippen LogP contribution >= 0.6 is 0 Å². The summed E-state index contributed by atoms with van der Waals surface area (Å²) in [5.74, 6) is 0.781. The highest BCUT2D eigenvalue weighted by Gasteiger charge is 2.37. The predicted molar refractivity (Wildman–Crippen MR) is 101 cm³/mol. The van der Waals surface area contributed by atoms with E-state index in [9.17, 15) is 4.79 Å². The number of fused-ring (bicyclic) bond motifs is 1. The number of hydrogen-bond donors (Lipinski definition) is 2. The maximum atomic E-state index is 13.1. The molecule has 1 atom stereocenters. The molecule has 1 heterocycles. The first kappa shape index (κ1) is 17.3. The Morgan fingerprint density at radius 1 is 1.20 bits per heavy atom. The van der Waals surface area contributed by atoms with Crippen molar-refractivity contribution in [3.05, 3.63) is 59.7 Å². The van der Waals surface area contributed by atoms with Gasteiger partial charge in [-0.1, -0.05) is 30.3 Å². The molecular formula is C21H26N2O2. The minimum absolute atomic E-state index is 0.00484. The molecule has 1 aliphatic heterocycles. The van der Waals surface area contributed by atoms with Gasteiger partial charge in [0.2, 0.25) is 5.91 Å². The lowest BCUT2D eigenvalue weighted by Crippen LogP contribution is -2.46. The van der Waals surface area contributed by atoms with E-state index >= 15 is 0 Å². The first-order chi connectivity index (χ1) is 11.7. The largest absolute Gasteiger partial charge is 0.487 e. The normalized spacial score (nSPS) is 18.8. The third-order valence-corrected chi connectivity index (χ3v) is 4.86. The Labute approximate surface area is 149 Å². The number of anilines is 1. The summed E-state index contributed by atoms with van der Waals surface area (Å²) in [4.78, 5) is 13.1. The Hall–Kier alpha value is -2.49. The lowest BCUT2D eigenvalue weighted by atomic mass is 9.82. The van der Waals surface area contributed by atoms with Gasteiger partial charge in [-0.25, -0.2) is 0 Å². The minimum atomic E-state index is -0.621. The van der Waals surface area contributed by atoms with E-state index in [1.54, 1.807) is 0 Å². The average molecular weight is 338 g/mol. The molecule has 2 aromatic carbocycles. The smallest absolute Gasteiger partial charge is 0.230 e. The minimum Gasteiger partial charge on any atom is -0.487 e. The summed E-state index contributed by atoms with van der Waals surface area (Å²) in [5, 5.41) is 3.22. The van der Waals surface area contributed by atoms with E-state index in [4.69, 9.17) is 10.5 Å². The summed E-state index contributed by atoms with van der Waals surface area (Å²) < 4.78 is 6.05. The SMILES string of the molecule is CC1(C)CC(NC(=O)C(C)(C)c2ccccc2)c2cc(N)ccc2O1. The fraction of sp³-hybridized carbons (Fsp3) is 0.381. The van der Waals surface area contributed by atoms with E-state index in [0.29, 0.717) is 12.1 Å². The molecule has 1 amide bonds. The van der Waals surface area contributed by atoms with Crippen molar-refractivity contribution in [3.8, 4) is 5.75 Å². The van der Waals surface area contributed by atoms with Crippen molar-refractivity contribution in [2.24, 2.45) is 0 Å². The Bertz CT molecular complexity index is 782. The number of nitrogen functional groups attached to an aromatic ring is 1. The quantitative estimate of drug-likeness (QED) is 0.833. The topological polar surface area (TPSA) is 64.4 Å². The lowest BCUT2D eigenvalue weighted by molar-refractivity contribution is -0.127. The third-order valence-electron chi connectivity index (χ3n) is 4.86. The van der Waals surface area contributed by atoms with E-state index in [2.05, 4.69) is 5.32 Å². The van der Waals surface area contributed by atoms with Gasteiger partial charge in [-0.2, -0.15) is 0 Å². The van der Waals surface area contributed by atoms with Crippen LogP contribution in [0.2, 0.25) is 0 Å². The molecule has 0 spiro atoms. The fourth-order valence-corrected chi connectivity index (χ4v) is 3.33. The zero-order chi connectivity index (χ0) is 18.2. The second kappa shape index (κ2) is 6.10. The van der Waals surface area contributed by atoms with Gasteiger partial charge in [0.1, 0.15) is 11.4 Å². The van der Waals surface area contributed by atoms with Crippen molar-refractivity contribution in [1.29, 1.82) is 0 Å². The number of ether oxygens (including phenoxy) is 1. The van der Waals surface area contributed by atoms with Crippen LogP contribution < -0.4 is 15.8 Å². The molecule has 0 saturated carbocycles. The maximum Gasteiger partial charge on any atom is 0.230 e. The summed E-state index contributed by atoms with van der Waals surface area (Å²) in [6, 6.07) is 15.3. The molecule has 4 heteroatoms. The van der Waals surface area contributed by atoms with Gasteiger partial charge < -0.3 is 15.8 Å². The van der Waals surface area contributed by atoms with Gasteiger partial charge >= 0.3 is 0 Å². The number of nitrogens with one attached hydrogen (secondary N) is 1. The van der Waals surface area contributed by atoms with Gasteiger partial charge in [-0.15, -0.1) is 0 Å². The van der Waals surface area contributed by atoms with Crippen molar-refractivity contribution in [3.63, 3.8) is 0 Å². The number of rotatable bonds is 3. The van der Waals surface area contributed by atoms with Crippen LogP contribution in [-0.2, 0) is 10.2 Å². The molecule has 1 aliphatic rings. The van der Waals surface area contributed by atoms with Gasteiger partial charge in [0.25, 0.3) is 0 Å². The van der Waals surface area contributed by atoms with Gasteiger partial charge in [0, 0.05) is 17.7 Å². The third kappa shape index (κ3) is 3.48. The van der Waals surface area contributed by atoms with Gasteiger partial charge in [-0.05, 0) is 51.5 Å². The Morgan fingerprint density at radius 2 is 1.88 bits per heavy atom. The molecule has 25 heavy (non-hydrogen) atoms. The summed E-state index contributed by atoms with van der Waals surface area (Å²) in [5.41, 5.74) is 7.58. The monoisotopic (exact) mass is 338 g/mol. The molecule has 132 valence electrons. The maximum absolute atomic E-state index is 13.1. The Morgan fingerprint density at radius 3 is 2.56 bits per heavy atom. The fourth-order valence-electron chi connectivity index (χ4n) is 3.33. The first-order valence-electron chi connectivity index (χ1n) is 8.64. The molecule has 2 aromatic rings. The highest BCUT2D eigenvalue weighted by Crippen LogP contribution is 2.41. The van der Waals surface area contributed by atoms with E-state index in [1.807, 2.05) is 76.2 Å². The number of nitrogens with two attached hydrogens (primary N) is 1.